The van der Waals surface area contributed by atoms with Crippen molar-refractivity contribution in [3.05, 3.63) is 77.4 Å². The minimum Gasteiger partial charge on any atom is -0.344 e. The van der Waals surface area contributed by atoms with E-state index in [-0.39, 0.29) is 5.82 Å². The molecule has 1 N–H and O–H groups in total. The number of nitrogens with one attached hydrogen (secondary N) is 1. The molecule has 122 valence electrons. The molecule has 4 rings (SSSR count). The second-order valence-corrected chi connectivity index (χ2v) is 5.91. The van der Waals surface area contributed by atoms with Gasteiger partial charge in [0.15, 0.2) is 5.72 Å². The van der Waals surface area contributed by atoms with Crippen molar-refractivity contribution in [2.75, 3.05) is 11.9 Å². The second kappa shape index (κ2) is 5.72. The van der Waals surface area contributed by atoms with Crippen molar-refractivity contribution < 1.29 is 9.13 Å². The van der Waals surface area contributed by atoms with Crippen LogP contribution < -0.4 is 5.32 Å². The van der Waals surface area contributed by atoms with E-state index in [4.69, 9.17) is 4.74 Å². The molecule has 0 amide bonds. The number of benzene rings is 2. The maximum Gasteiger partial charge on any atom is 0.244 e. The summed E-state index contributed by atoms with van der Waals surface area (Å²) >= 11 is 0. The number of aryl methyl sites for hydroxylation is 1. The van der Waals surface area contributed by atoms with Crippen molar-refractivity contribution in [3.8, 4) is 0 Å². The molecule has 1 aliphatic heterocycles. The zero-order chi connectivity index (χ0) is 16.6. The Bertz CT molecular complexity index is 873. The molecular formula is C18H17FN4O. The highest BCUT2D eigenvalue weighted by atomic mass is 19.1. The first-order chi connectivity index (χ1) is 11.7. The number of nitrogens with zero attached hydrogens (tertiary/aromatic N) is 3. The lowest BCUT2D eigenvalue weighted by Crippen LogP contribution is -2.23. The first-order valence-corrected chi connectivity index (χ1v) is 7.77. The summed E-state index contributed by atoms with van der Waals surface area (Å²) in [5.41, 5.74) is 2.00. The molecule has 0 spiro atoms. The van der Waals surface area contributed by atoms with Crippen LogP contribution in [0.15, 0.2) is 54.9 Å². The minimum absolute atomic E-state index is 0.304. The van der Waals surface area contributed by atoms with E-state index in [0.717, 1.165) is 0 Å². The predicted octanol–water partition coefficient (Wildman–Crippen LogP) is 3.07. The molecule has 1 unspecified atom stereocenters. The number of anilines is 1. The van der Waals surface area contributed by atoms with Gasteiger partial charge in [-0.3, -0.25) is 0 Å². The third-order valence-corrected chi connectivity index (χ3v) is 4.19. The molecule has 1 saturated heterocycles. The fourth-order valence-corrected chi connectivity index (χ4v) is 2.73. The average molecular weight is 324 g/mol. The Labute approximate surface area is 139 Å². The summed E-state index contributed by atoms with van der Waals surface area (Å²) in [5, 5.41) is 7.52. The van der Waals surface area contributed by atoms with Crippen LogP contribution in [0.5, 0.6) is 0 Å². The summed E-state index contributed by atoms with van der Waals surface area (Å²) in [6, 6.07) is 14.7. The first-order valence-electron chi connectivity index (χ1n) is 7.77. The first kappa shape index (κ1) is 14.8. The van der Waals surface area contributed by atoms with Crippen molar-refractivity contribution in [2.24, 2.45) is 0 Å². The van der Waals surface area contributed by atoms with Crippen molar-refractivity contribution in [1.82, 2.24) is 14.8 Å². The van der Waals surface area contributed by atoms with Gasteiger partial charge in [0, 0.05) is 5.56 Å². The Morgan fingerprint density at radius 2 is 1.96 bits per heavy atom. The number of hydrogen-bond acceptors (Lipinski definition) is 4. The Morgan fingerprint density at radius 3 is 2.71 bits per heavy atom. The number of epoxide rings is 1. The summed E-state index contributed by atoms with van der Waals surface area (Å²) in [4.78, 5) is 4.26. The molecule has 2 heterocycles. The van der Waals surface area contributed by atoms with Crippen molar-refractivity contribution in [3.63, 3.8) is 0 Å². The zero-order valence-electron chi connectivity index (χ0n) is 13.2. The molecule has 0 bridgehead atoms. The van der Waals surface area contributed by atoms with Gasteiger partial charge in [-0.25, -0.2) is 14.1 Å². The molecule has 1 aliphatic rings. The molecule has 2 aromatic carbocycles. The summed E-state index contributed by atoms with van der Waals surface area (Å²) in [5.74, 6) is 0.117. The highest BCUT2D eigenvalue weighted by Gasteiger charge is 2.49. The Morgan fingerprint density at radius 1 is 1.21 bits per heavy atom. The maximum atomic E-state index is 14.0. The molecule has 1 fully saturated rings. The number of ether oxygens (including phenoxy) is 1. The third kappa shape index (κ3) is 2.76. The van der Waals surface area contributed by atoms with E-state index < -0.39 is 5.72 Å². The zero-order valence-corrected chi connectivity index (χ0v) is 13.2. The lowest BCUT2D eigenvalue weighted by molar-refractivity contribution is 0.328. The molecule has 6 heteroatoms. The molecule has 24 heavy (non-hydrogen) atoms. The van der Waals surface area contributed by atoms with Crippen LogP contribution in [0, 0.1) is 12.7 Å². The predicted molar refractivity (Wildman–Crippen MR) is 88.0 cm³/mol. The van der Waals surface area contributed by atoms with Gasteiger partial charge in [0.05, 0.1) is 6.54 Å². The summed E-state index contributed by atoms with van der Waals surface area (Å²) in [7, 11) is 0. The van der Waals surface area contributed by atoms with Crippen molar-refractivity contribution in [1.29, 1.82) is 0 Å². The number of halogens is 1. The Kier molecular flexibility index (Phi) is 3.54. The molecule has 5 nitrogen and oxygen atoms in total. The molecule has 0 saturated carbocycles. The van der Waals surface area contributed by atoms with E-state index in [1.807, 2.05) is 12.1 Å². The van der Waals surface area contributed by atoms with Crippen LogP contribution in [-0.2, 0) is 17.0 Å². The topological polar surface area (TPSA) is 55.3 Å². The van der Waals surface area contributed by atoms with Gasteiger partial charge in [-0.2, -0.15) is 0 Å². The number of rotatable bonds is 5. The van der Waals surface area contributed by atoms with Crippen LogP contribution in [-0.4, -0.2) is 21.4 Å². The van der Waals surface area contributed by atoms with Crippen LogP contribution in [0.2, 0.25) is 0 Å². The molecular weight excluding hydrogens is 307 g/mol. The van der Waals surface area contributed by atoms with Crippen LogP contribution in [0.1, 0.15) is 16.7 Å². The summed E-state index contributed by atoms with van der Waals surface area (Å²) in [6.45, 7) is 3.09. The number of aromatic nitrogens is 3. The second-order valence-electron chi connectivity index (χ2n) is 5.91. The van der Waals surface area contributed by atoms with E-state index in [1.54, 1.807) is 29.2 Å². The van der Waals surface area contributed by atoms with Crippen LogP contribution in [0.3, 0.4) is 0 Å². The van der Waals surface area contributed by atoms with Gasteiger partial charge in [0.2, 0.25) is 5.95 Å². The molecule has 0 radical (unpaired) electrons. The number of hydrogen-bond donors (Lipinski definition) is 1. The van der Waals surface area contributed by atoms with Gasteiger partial charge >= 0.3 is 0 Å². The van der Waals surface area contributed by atoms with Crippen LogP contribution >= 0.6 is 0 Å². The Balaban J connectivity index is 1.52. The lowest BCUT2D eigenvalue weighted by atomic mass is 10.1. The van der Waals surface area contributed by atoms with Gasteiger partial charge in [-0.1, -0.05) is 42.5 Å². The SMILES string of the molecule is Cc1ccccc1Cn1cnc(NC2(c3ccccc3F)CO2)n1. The minimum atomic E-state index is -0.861. The van der Waals surface area contributed by atoms with E-state index in [0.29, 0.717) is 24.7 Å². The van der Waals surface area contributed by atoms with Crippen molar-refractivity contribution in [2.45, 2.75) is 19.2 Å². The fourth-order valence-electron chi connectivity index (χ4n) is 2.73. The standard InChI is InChI=1S/C18H17FN4O/c1-13-6-2-3-7-14(13)10-23-12-20-17(22-23)21-18(11-24-18)15-8-4-5-9-16(15)19/h2-9,12H,10-11H2,1H3,(H,21,22). The Hall–Kier alpha value is -2.73. The van der Waals surface area contributed by atoms with Gasteiger partial charge in [-0.15, -0.1) is 5.10 Å². The molecule has 3 aromatic rings. The monoisotopic (exact) mass is 324 g/mol. The average Bonchev–Trinajstić information content (AvgIpc) is 3.22. The van der Waals surface area contributed by atoms with Gasteiger partial charge in [-0.05, 0) is 24.1 Å². The molecule has 0 aliphatic carbocycles. The quantitative estimate of drug-likeness (QED) is 0.733. The van der Waals surface area contributed by atoms with E-state index in [1.165, 1.54) is 17.2 Å². The molecule has 1 aromatic heterocycles. The largest absolute Gasteiger partial charge is 0.344 e. The highest BCUT2D eigenvalue weighted by molar-refractivity contribution is 5.38. The van der Waals surface area contributed by atoms with Crippen LogP contribution in [0.4, 0.5) is 10.3 Å². The van der Waals surface area contributed by atoms with Gasteiger partial charge in [0.1, 0.15) is 18.8 Å². The van der Waals surface area contributed by atoms with Crippen LogP contribution in [0.25, 0.3) is 0 Å². The summed E-state index contributed by atoms with van der Waals surface area (Å²) in [6.07, 6.45) is 1.66. The highest BCUT2D eigenvalue weighted by Crippen LogP contribution is 2.39. The third-order valence-electron chi connectivity index (χ3n) is 4.19. The molecule has 1 atom stereocenters. The lowest BCUT2D eigenvalue weighted by Gasteiger charge is -2.13. The smallest absolute Gasteiger partial charge is 0.244 e. The normalized spacial score (nSPS) is 19.2. The van der Waals surface area contributed by atoms with E-state index in [2.05, 4.69) is 34.5 Å². The van der Waals surface area contributed by atoms with E-state index in [9.17, 15) is 4.39 Å². The summed E-state index contributed by atoms with van der Waals surface area (Å²) < 4.78 is 21.2. The maximum absolute atomic E-state index is 14.0. The fraction of sp³-hybridized carbons (Fsp3) is 0.222. The van der Waals surface area contributed by atoms with Crippen molar-refractivity contribution >= 4 is 5.95 Å². The van der Waals surface area contributed by atoms with Gasteiger partial charge < -0.3 is 10.1 Å². The van der Waals surface area contributed by atoms with Gasteiger partial charge in [0.25, 0.3) is 0 Å². The van der Waals surface area contributed by atoms with E-state index >= 15 is 0 Å².